The van der Waals surface area contributed by atoms with Gasteiger partial charge in [-0.2, -0.15) is 0 Å². The zero-order chi connectivity index (χ0) is 15.5. The summed E-state index contributed by atoms with van der Waals surface area (Å²) in [7, 11) is 0. The predicted molar refractivity (Wildman–Crippen MR) is 79.7 cm³/mol. The summed E-state index contributed by atoms with van der Waals surface area (Å²) in [4.78, 5) is 11.8. The molecule has 1 fully saturated rings. The van der Waals surface area contributed by atoms with Crippen molar-refractivity contribution in [2.45, 2.75) is 51.7 Å². The van der Waals surface area contributed by atoms with Crippen LogP contribution in [0.25, 0.3) is 0 Å². The molecule has 1 amide bonds. The lowest BCUT2D eigenvalue weighted by atomic mass is 10.1. The average Bonchev–Trinajstić information content (AvgIpc) is 3.17. The number of benzene rings is 1. The van der Waals surface area contributed by atoms with E-state index in [2.05, 4.69) is 10.6 Å². The van der Waals surface area contributed by atoms with Crippen LogP contribution in [0.1, 0.15) is 39.2 Å². The molecule has 0 aliphatic heterocycles. The molecule has 0 atom stereocenters. The number of carbonyl (C=O) groups excluding carboxylic acids is 1. The molecule has 0 saturated heterocycles. The molecule has 0 bridgehead atoms. The van der Waals surface area contributed by atoms with E-state index in [1.807, 2.05) is 26.8 Å². The van der Waals surface area contributed by atoms with Crippen molar-refractivity contribution >= 4 is 5.91 Å². The standard InChI is InChI=1S/C16H23FN2O2/c1-16(2,3)19-14(20)10-21-15-11(5-4-6-13(15)17)9-18-12-7-8-12/h4-6,12,18H,7-10H2,1-3H3,(H,19,20). The van der Waals surface area contributed by atoms with Crippen LogP contribution in [-0.2, 0) is 11.3 Å². The smallest absolute Gasteiger partial charge is 0.258 e. The van der Waals surface area contributed by atoms with Crippen molar-refractivity contribution < 1.29 is 13.9 Å². The first-order chi connectivity index (χ1) is 9.85. The summed E-state index contributed by atoms with van der Waals surface area (Å²) in [6.45, 7) is 6.03. The van der Waals surface area contributed by atoms with Crippen molar-refractivity contribution in [2.24, 2.45) is 0 Å². The van der Waals surface area contributed by atoms with Gasteiger partial charge in [0.05, 0.1) is 0 Å². The molecular weight excluding hydrogens is 271 g/mol. The first-order valence-electron chi connectivity index (χ1n) is 7.30. The molecule has 1 saturated carbocycles. The summed E-state index contributed by atoms with van der Waals surface area (Å²) in [5, 5.41) is 6.11. The SMILES string of the molecule is CC(C)(C)NC(=O)COc1c(F)cccc1CNC1CC1. The lowest BCUT2D eigenvalue weighted by Gasteiger charge is -2.21. The number of para-hydroxylation sites is 1. The van der Waals surface area contributed by atoms with Gasteiger partial charge in [0.25, 0.3) is 5.91 Å². The Labute approximate surface area is 125 Å². The third-order valence-corrected chi connectivity index (χ3v) is 3.07. The minimum Gasteiger partial charge on any atom is -0.480 e. The van der Waals surface area contributed by atoms with Crippen LogP contribution in [0.5, 0.6) is 5.75 Å². The van der Waals surface area contributed by atoms with Crippen LogP contribution in [0.15, 0.2) is 18.2 Å². The quantitative estimate of drug-likeness (QED) is 0.847. The van der Waals surface area contributed by atoms with Crippen LogP contribution in [-0.4, -0.2) is 24.1 Å². The van der Waals surface area contributed by atoms with Crippen molar-refractivity contribution in [3.63, 3.8) is 0 Å². The molecule has 2 rings (SSSR count). The van der Waals surface area contributed by atoms with E-state index in [4.69, 9.17) is 4.74 Å². The van der Waals surface area contributed by atoms with Crippen LogP contribution in [0.3, 0.4) is 0 Å². The van der Waals surface area contributed by atoms with E-state index in [9.17, 15) is 9.18 Å². The second-order valence-electron chi connectivity index (χ2n) is 6.47. The Morgan fingerprint density at radius 1 is 1.38 bits per heavy atom. The van der Waals surface area contributed by atoms with Crippen molar-refractivity contribution in [1.29, 1.82) is 0 Å². The van der Waals surface area contributed by atoms with Gasteiger partial charge >= 0.3 is 0 Å². The number of halogens is 1. The van der Waals surface area contributed by atoms with E-state index in [-0.39, 0.29) is 23.8 Å². The highest BCUT2D eigenvalue weighted by Crippen LogP contribution is 2.25. The number of ether oxygens (including phenoxy) is 1. The number of hydrogen-bond donors (Lipinski definition) is 2. The Kier molecular flexibility index (Phi) is 4.83. The number of rotatable bonds is 6. The normalized spacial score (nSPS) is 14.9. The fourth-order valence-corrected chi connectivity index (χ4v) is 1.99. The summed E-state index contributed by atoms with van der Waals surface area (Å²) in [6.07, 6.45) is 2.33. The Morgan fingerprint density at radius 3 is 2.71 bits per heavy atom. The van der Waals surface area contributed by atoms with E-state index in [0.29, 0.717) is 12.6 Å². The molecule has 5 heteroatoms. The van der Waals surface area contributed by atoms with Gasteiger partial charge in [-0.05, 0) is 39.7 Å². The van der Waals surface area contributed by atoms with Gasteiger partial charge in [-0.3, -0.25) is 4.79 Å². The van der Waals surface area contributed by atoms with Gasteiger partial charge in [0, 0.05) is 23.7 Å². The zero-order valence-corrected chi connectivity index (χ0v) is 12.8. The van der Waals surface area contributed by atoms with Crippen LogP contribution < -0.4 is 15.4 Å². The Morgan fingerprint density at radius 2 is 2.10 bits per heavy atom. The minimum atomic E-state index is -0.436. The van der Waals surface area contributed by atoms with Crippen molar-refractivity contribution in [3.05, 3.63) is 29.6 Å². The molecule has 0 spiro atoms. The van der Waals surface area contributed by atoms with E-state index in [1.165, 1.54) is 18.9 Å². The fraction of sp³-hybridized carbons (Fsp3) is 0.562. The first kappa shape index (κ1) is 15.8. The van der Waals surface area contributed by atoms with Crippen molar-refractivity contribution in [1.82, 2.24) is 10.6 Å². The molecule has 1 aliphatic carbocycles. The van der Waals surface area contributed by atoms with Gasteiger partial charge in [0.15, 0.2) is 18.2 Å². The molecule has 116 valence electrons. The van der Waals surface area contributed by atoms with Gasteiger partial charge in [0.1, 0.15) is 0 Å². The Balaban J connectivity index is 1.95. The second-order valence-corrected chi connectivity index (χ2v) is 6.47. The molecule has 4 nitrogen and oxygen atoms in total. The number of amides is 1. The summed E-state index contributed by atoms with van der Waals surface area (Å²) in [5.41, 5.74) is 0.414. The molecule has 1 aliphatic rings. The highest BCUT2D eigenvalue weighted by molar-refractivity contribution is 5.78. The van der Waals surface area contributed by atoms with E-state index < -0.39 is 5.82 Å². The number of hydrogen-bond acceptors (Lipinski definition) is 3. The highest BCUT2D eigenvalue weighted by Gasteiger charge is 2.21. The Bertz CT molecular complexity index is 507. The molecule has 0 heterocycles. The average molecular weight is 294 g/mol. The lowest BCUT2D eigenvalue weighted by Crippen LogP contribution is -2.43. The molecule has 1 aromatic rings. The summed E-state index contributed by atoms with van der Waals surface area (Å²) in [5.74, 6) is -0.532. The minimum absolute atomic E-state index is 0.162. The fourth-order valence-electron chi connectivity index (χ4n) is 1.99. The van der Waals surface area contributed by atoms with Gasteiger partial charge in [0.2, 0.25) is 0 Å². The topological polar surface area (TPSA) is 50.4 Å². The molecule has 1 aromatic carbocycles. The second kappa shape index (κ2) is 6.43. The first-order valence-corrected chi connectivity index (χ1v) is 7.30. The molecule has 2 N–H and O–H groups in total. The van der Waals surface area contributed by atoms with Crippen molar-refractivity contribution in [3.8, 4) is 5.75 Å². The third kappa shape index (κ3) is 5.34. The predicted octanol–water partition coefficient (Wildman–Crippen LogP) is 2.37. The molecular formula is C16H23FN2O2. The van der Waals surface area contributed by atoms with E-state index in [1.54, 1.807) is 6.07 Å². The third-order valence-electron chi connectivity index (χ3n) is 3.07. The lowest BCUT2D eigenvalue weighted by molar-refractivity contribution is -0.124. The molecule has 0 radical (unpaired) electrons. The van der Waals surface area contributed by atoms with Gasteiger partial charge in [-0.25, -0.2) is 4.39 Å². The maximum atomic E-state index is 13.9. The van der Waals surface area contributed by atoms with E-state index in [0.717, 1.165) is 5.56 Å². The van der Waals surface area contributed by atoms with Gasteiger partial charge in [-0.15, -0.1) is 0 Å². The molecule has 21 heavy (non-hydrogen) atoms. The van der Waals surface area contributed by atoms with Crippen molar-refractivity contribution in [2.75, 3.05) is 6.61 Å². The highest BCUT2D eigenvalue weighted by atomic mass is 19.1. The molecule has 0 aromatic heterocycles. The Hall–Kier alpha value is -1.62. The number of nitrogens with one attached hydrogen (secondary N) is 2. The van der Waals surface area contributed by atoms with E-state index >= 15 is 0 Å². The summed E-state index contributed by atoms with van der Waals surface area (Å²) in [6, 6.07) is 5.35. The zero-order valence-electron chi connectivity index (χ0n) is 12.8. The molecule has 0 unspecified atom stereocenters. The maximum absolute atomic E-state index is 13.9. The maximum Gasteiger partial charge on any atom is 0.258 e. The van der Waals surface area contributed by atoms with Crippen LogP contribution in [0.2, 0.25) is 0 Å². The summed E-state index contributed by atoms with van der Waals surface area (Å²) >= 11 is 0. The number of carbonyl (C=O) groups is 1. The van der Waals surface area contributed by atoms with Crippen LogP contribution >= 0.6 is 0 Å². The van der Waals surface area contributed by atoms with Crippen LogP contribution in [0.4, 0.5) is 4.39 Å². The largest absolute Gasteiger partial charge is 0.480 e. The van der Waals surface area contributed by atoms with Crippen LogP contribution in [0, 0.1) is 5.82 Å². The van der Waals surface area contributed by atoms with Gasteiger partial charge in [-0.1, -0.05) is 12.1 Å². The summed E-state index contributed by atoms with van der Waals surface area (Å²) < 4.78 is 19.3. The van der Waals surface area contributed by atoms with Gasteiger partial charge < -0.3 is 15.4 Å². The monoisotopic (exact) mass is 294 g/mol.